The van der Waals surface area contributed by atoms with Gasteiger partial charge in [-0.15, -0.1) is 0 Å². The number of halogens is 1. The van der Waals surface area contributed by atoms with Crippen LogP contribution in [-0.4, -0.2) is 87.6 Å². The summed E-state index contributed by atoms with van der Waals surface area (Å²) < 4.78 is 26.4. The molecule has 0 spiro atoms. The number of amides is 2. The minimum Gasteiger partial charge on any atom is -0.480 e. The van der Waals surface area contributed by atoms with E-state index >= 15 is 0 Å². The van der Waals surface area contributed by atoms with Gasteiger partial charge in [0.2, 0.25) is 5.62 Å². The molecule has 5 atom stereocenters. The number of ether oxygens (including phenoxy) is 4. The first-order valence-electron chi connectivity index (χ1n) is 18.1. The van der Waals surface area contributed by atoms with E-state index in [4.69, 9.17) is 23.9 Å². The SMILES string of the molecule is CC1(C)O[C@@H]2[C@H](O1)[C@@H](CO)O[C@H]2n1ccc(NC(=O)c2ccc(Br)cc2)nc1=NCCCCC(NC(=O)OCC1c2ccccc2-c2ccccc21)C(=O)O. The van der Waals surface area contributed by atoms with E-state index in [1.165, 1.54) is 0 Å². The maximum atomic E-state index is 13.0. The molecule has 1 aliphatic carbocycles. The molecule has 2 fully saturated rings. The Kier molecular flexibility index (Phi) is 11.5. The van der Waals surface area contributed by atoms with Crippen LogP contribution < -0.4 is 16.3 Å². The van der Waals surface area contributed by atoms with Crippen molar-refractivity contribution < 1.29 is 43.5 Å². The second-order valence-electron chi connectivity index (χ2n) is 14.0. The van der Waals surface area contributed by atoms with Crippen LogP contribution >= 0.6 is 15.9 Å². The van der Waals surface area contributed by atoms with Crippen LogP contribution in [0, 0.1) is 0 Å². The summed E-state index contributed by atoms with van der Waals surface area (Å²) in [5.41, 5.74) is 4.96. The Hall–Kier alpha value is -4.93. The molecule has 4 aromatic rings. The predicted molar refractivity (Wildman–Crippen MR) is 203 cm³/mol. The van der Waals surface area contributed by atoms with Crippen molar-refractivity contribution in [3.63, 3.8) is 0 Å². The van der Waals surface area contributed by atoms with Crippen LogP contribution in [0.15, 0.2) is 94.5 Å². The Morgan fingerprint density at radius 1 is 0.964 bits per heavy atom. The summed E-state index contributed by atoms with van der Waals surface area (Å²) in [5.74, 6) is -2.34. The fourth-order valence-corrected chi connectivity index (χ4v) is 7.57. The normalized spacial score (nSPS) is 21.7. The first kappa shape index (κ1) is 38.3. The van der Waals surface area contributed by atoms with Crippen molar-refractivity contribution in [2.45, 2.75) is 75.4 Å². The van der Waals surface area contributed by atoms with Crippen molar-refractivity contribution in [1.82, 2.24) is 14.9 Å². The summed E-state index contributed by atoms with van der Waals surface area (Å²) in [4.78, 5) is 47.3. The smallest absolute Gasteiger partial charge is 0.407 e. The molecule has 3 aliphatic rings. The van der Waals surface area contributed by atoms with E-state index in [-0.39, 0.29) is 49.4 Å². The van der Waals surface area contributed by atoms with Gasteiger partial charge in [0.25, 0.3) is 5.91 Å². The monoisotopic (exact) mass is 815 g/mol. The van der Waals surface area contributed by atoms with E-state index in [2.05, 4.69) is 31.5 Å². The lowest BCUT2D eigenvalue weighted by Crippen LogP contribution is -2.41. The number of carboxylic acid groups (broad SMARTS) is 1. The summed E-state index contributed by atoms with van der Waals surface area (Å²) in [5, 5.41) is 25.3. The van der Waals surface area contributed by atoms with Gasteiger partial charge in [0.1, 0.15) is 36.8 Å². The lowest BCUT2D eigenvalue weighted by Gasteiger charge is -2.25. The number of hydrogen-bond acceptors (Lipinski definition) is 10. The zero-order chi connectivity index (χ0) is 38.7. The van der Waals surface area contributed by atoms with Gasteiger partial charge in [0.15, 0.2) is 12.0 Å². The van der Waals surface area contributed by atoms with Crippen molar-refractivity contribution in [2.75, 3.05) is 25.1 Å². The number of anilines is 1. The minimum absolute atomic E-state index is 0.0702. The number of carboxylic acids is 1. The number of carbonyl (C=O) groups excluding carboxylic acids is 2. The quantitative estimate of drug-likeness (QED) is 0.128. The van der Waals surface area contributed by atoms with Crippen LogP contribution in [0.2, 0.25) is 0 Å². The summed E-state index contributed by atoms with van der Waals surface area (Å²) in [6.07, 6.45) is -0.616. The average molecular weight is 817 g/mol. The molecule has 0 saturated carbocycles. The highest BCUT2D eigenvalue weighted by Crippen LogP contribution is 2.45. The number of aromatic nitrogens is 2. The first-order chi connectivity index (χ1) is 26.5. The zero-order valence-electron chi connectivity index (χ0n) is 30.3. The summed E-state index contributed by atoms with van der Waals surface area (Å²) in [6, 6.07) is 23.3. The molecule has 3 heterocycles. The Labute approximate surface area is 325 Å². The number of hydrogen-bond donors (Lipinski definition) is 4. The lowest BCUT2D eigenvalue weighted by atomic mass is 9.98. The Bertz CT molecular complexity index is 2080. The number of carbonyl (C=O) groups is 3. The van der Waals surface area contributed by atoms with Gasteiger partial charge in [-0.3, -0.25) is 14.4 Å². The number of unbranched alkanes of at least 4 members (excludes halogenated alkanes) is 1. The van der Waals surface area contributed by atoms with Crippen LogP contribution in [0.4, 0.5) is 10.6 Å². The van der Waals surface area contributed by atoms with Crippen molar-refractivity contribution >= 4 is 39.7 Å². The fraction of sp³-hybridized carbons (Fsp3) is 0.375. The first-order valence-corrected chi connectivity index (χ1v) is 18.9. The van der Waals surface area contributed by atoms with E-state index < -0.39 is 48.4 Å². The molecule has 288 valence electrons. The Morgan fingerprint density at radius 2 is 1.64 bits per heavy atom. The van der Waals surface area contributed by atoms with Crippen LogP contribution in [0.1, 0.15) is 66.7 Å². The average Bonchev–Trinajstić information content (AvgIpc) is 3.79. The highest BCUT2D eigenvalue weighted by Gasteiger charge is 2.55. The summed E-state index contributed by atoms with van der Waals surface area (Å²) in [6.45, 7) is 3.60. The number of nitrogens with zero attached hydrogens (tertiary/aromatic N) is 3. The minimum atomic E-state index is -1.17. The standard InChI is InChI=1S/C40H42BrN5O9/c1-40(2)54-33-31(21-47)53-36(34(33)55-40)46-20-18-32(44-35(48)23-14-16-24(41)17-15-23)45-38(46)42-19-8-7-13-30(37(49)50)43-39(51)52-22-29-27-11-5-3-9-25(27)26-10-4-6-12-28(26)29/h3-6,9-12,14-18,20,29-31,33-34,36,47H,7-8,13,19,21-22H2,1-2H3,(H,43,51)(H,49,50)(H,42,44,45,48)/t30?,31-,33-,34-,36-/m1/s1. The van der Waals surface area contributed by atoms with E-state index in [9.17, 15) is 24.6 Å². The molecule has 2 saturated heterocycles. The van der Waals surface area contributed by atoms with Crippen molar-refractivity contribution in [3.8, 4) is 11.1 Å². The van der Waals surface area contributed by atoms with Gasteiger partial charge in [-0.2, -0.15) is 4.98 Å². The van der Waals surface area contributed by atoms with Gasteiger partial charge in [0, 0.05) is 28.7 Å². The molecule has 7 rings (SSSR count). The van der Waals surface area contributed by atoms with Crippen molar-refractivity contribution in [1.29, 1.82) is 0 Å². The van der Waals surface area contributed by atoms with E-state index in [1.807, 2.05) is 48.5 Å². The molecule has 55 heavy (non-hydrogen) atoms. The fourth-order valence-electron chi connectivity index (χ4n) is 7.30. The third-order valence-electron chi connectivity index (χ3n) is 9.86. The molecule has 0 radical (unpaired) electrons. The van der Waals surface area contributed by atoms with E-state index in [0.29, 0.717) is 18.4 Å². The van der Waals surface area contributed by atoms with Crippen molar-refractivity contribution in [3.05, 3.63) is 112 Å². The van der Waals surface area contributed by atoms with E-state index in [1.54, 1.807) is 54.9 Å². The molecule has 14 nitrogen and oxygen atoms in total. The molecule has 1 aromatic heterocycles. The molecule has 4 N–H and O–H groups in total. The largest absolute Gasteiger partial charge is 0.480 e. The van der Waals surface area contributed by atoms with Gasteiger partial charge in [0.05, 0.1) is 6.61 Å². The van der Waals surface area contributed by atoms with Gasteiger partial charge in [-0.25, -0.2) is 9.59 Å². The zero-order valence-corrected chi connectivity index (χ0v) is 31.8. The van der Waals surface area contributed by atoms with Crippen molar-refractivity contribution in [2.24, 2.45) is 4.99 Å². The molecular weight excluding hydrogens is 774 g/mol. The number of alkyl carbamates (subject to hydrolysis) is 1. The molecule has 3 aromatic carbocycles. The van der Waals surface area contributed by atoms with E-state index in [0.717, 1.165) is 26.7 Å². The summed E-state index contributed by atoms with van der Waals surface area (Å²) >= 11 is 3.37. The molecule has 15 heteroatoms. The highest BCUT2D eigenvalue weighted by atomic mass is 79.9. The third-order valence-corrected chi connectivity index (χ3v) is 10.4. The molecule has 2 aliphatic heterocycles. The predicted octanol–water partition coefficient (Wildman–Crippen LogP) is 5.37. The lowest BCUT2D eigenvalue weighted by molar-refractivity contribution is -0.200. The maximum absolute atomic E-state index is 13.0. The van der Waals surface area contributed by atoms with Gasteiger partial charge >= 0.3 is 12.1 Å². The maximum Gasteiger partial charge on any atom is 0.407 e. The van der Waals surface area contributed by atoms with Crippen LogP contribution in [0.3, 0.4) is 0 Å². The number of fused-ring (bicyclic) bond motifs is 4. The van der Waals surface area contributed by atoms with Gasteiger partial charge < -0.3 is 39.8 Å². The topological polar surface area (TPSA) is 183 Å². The number of aliphatic hydroxyl groups is 1. The third kappa shape index (κ3) is 8.50. The Balaban J connectivity index is 1.00. The second kappa shape index (κ2) is 16.4. The number of aliphatic carboxylic acids is 1. The number of aliphatic hydroxyl groups excluding tert-OH is 1. The Morgan fingerprint density at radius 3 is 2.31 bits per heavy atom. The molecule has 2 amide bonds. The van der Waals surface area contributed by atoms with Gasteiger partial charge in [-0.1, -0.05) is 64.5 Å². The van der Waals surface area contributed by atoms with Crippen LogP contribution in [0.5, 0.6) is 0 Å². The molecule has 1 unspecified atom stereocenters. The van der Waals surface area contributed by atoms with Gasteiger partial charge in [-0.05, 0) is 85.7 Å². The molecule has 0 bridgehead atoms. The van der Waals surface area contributed by atoms with Crippen LogP contribution in [-0.2, 0) is 23.7 Å². The highest BCUT2D eigenvalue weighted by molar-refractivity contribution is 9.10. The molecular formula is C40H42BrN5O9. The summed E-state index contributed by atoms with van der Waals surface area (Å²) in [7, 11) is 0. The number of nitrogens with one attached hydrogen (secondary N) is 2. The second-order valence-corrected chi connectivity index (χ2v) is 14.9. The van der Waals surface area contributed by atoms with Crippen LogP contribution in [0.25, 0.3) is 11.1 Å². The number of benzene rings is 3. The number of rotatable bonds is 13.